The molecule has 0 bridgehead atoms. The fraction of sp³-hybridized carbons (Fsp3) is 0. The Morgan fingerprint density at radius 1 is 0.941 bits per heavy atom. The van der Waals surface area contributed by atoms with E-state index in [-0.39, 0.29) is 0 Å². The van der Waals surface area contributed by atoms with Crippen molar-refractivity contribution in [2.24, 2.45) is 0 Å². The lowest BCUT2D eigenvalue weighted by Gasteiger charge is -2.07. The molecule has 0 atom stereocenters. The Bertz CT molecular complexity index is 543. The lowest BCUT2D eigenvalue weighted by atomic mass is 10.2. The van der Waals surface area contributed by atoms with Gasteiger partial charge >= 0.3 is 0 Å². The standard InChI is InChI=1S/C15H11N2/c1-3-7-13(8-4-1)15-16-11-12-17(15)14-9-5-2-6-10-14/h2-12H. The molecule has 0 unspecified atom stereocenters. The van der Waals surface area contributed by atoms with Crippen LogP contribution in [0, 0.1) is 6.07 Å². The van der Waals surface area contributed by atoms with Gasteiger partial charge in [-0.2, -0.15) is 0 Å². The highest BCUT2D eigenvalue weighted by Gasteiger charge is 2.05. The van der Waals surface area contributed by atoms with E-state index in [9.17, 15) is 0 Å². The third kappa shape index (κ3) is 1.85. The van der Waals surface area contributed by atoms with Crippen molar-refractivity contribution in [2.45, 2.75) is 0 Å². The fourth-order valence-electron chi connectivity index (χ4n) is 1.85. The first kappa shape index (κ1) is 9.85. The zero-order chi connectivity index (χ0) is 11.5. The van der Waals surface area contributed by atoms with Gasteiger partial charge in [-0.3, -0.25) is 4.57 Å². The molecule has 0 fully saturated rings. The van der Waals surface area contributed by atoms with Gasteiger partial charge in [0.25, 0.3) is 0 Å². The Morgan fingerprint density at radius 2 is 1.71 bits per heavy atom. The van der Waals surface area contributed by atoms with Crippen molar-refractivity contribution in [1.82, 2.24) is 9.55 Å². The quantitative estimate of drug-likeness (QED) is 0.646. The highest BCUT2D eigenvalue weighted by molar-refractivity contribution is 5.58. The number of nitrogens with zero attached hydrogens (tertiary/aromatic N) is 2. The van der Waals surface area contributed by atoms with Gasteiger partial charge in [0.1, 0.15) is 5.82 Å². The topological polar surface area (TPSA) is 17.8 Å². The number of hydrogen-bond donors (Lipinski definition) is 0. The maximum Gasteiger partial charge on any atom is 0.144 e. The average molecular weight is 219 g/mol. The largest absolute Gasteiger partial charge is 0.300 e. The van der Waals surface area contributed by atoms with Gasteiger partial charge in [-0.15, -0.1) is 0 Å². The summed E-state index contributed by atoms with van der Waals surface area (Å²) in [6.07, 6.45) is 3.79. The van der Waals surface area contributed by atoms with Crippen molar-refractivity contribution in [3.8, 4) is 17.1 Å². The molecule has 2 heteroatoms. The molecule has 0 amide bonds. The van der Waals surface area contributed by atoms with Crippen LogP contribution in [0.4, 0.5) is 0 Å². The fourth-order valence-corrected chi connectivity index (χ4v) is 1.85. The lowest BCUT2D eigenvalue weighted by molar-refractivity contribution is 1.07. The molecule has 0 aliphatic heterocycles. The van der Waals surface area contributed by atoms with Gasteiger partial charge in [-0.1, -0.05) is 42.5 Å². The Balaban J connectivity index is 2.13. The summed E-state index contributed by atoms with van der Waals surface area (Å²) in [6, 6.07) is 21.1. The van der Waals surface area contributed by atoms with E-state index in [0.29, 0.717) is 0 Å². The number of hydrogen-bond acceptors (Lipinski definition) is 1. The van der Waals surface area contributed by atoms with Crippen LogP contribution < -0.4 is 0 Å². The van der Waals surface area contributed by atoms with E-state index in [2.05, 4.69) is 27.8 Å². The summed E-state index contributed by atoms with van der Waals surface area (Å²) < 4.78 is 2.08. The molecule has 2 aromatic carbocycles. The smallest absolute Gasteiger partial charge is 0.144 e. The number of para-hydroxylation sites is 1. The predicted molar refractivity (Wildman–Crippen MR) is 67.8 cm³/mol. The van der Waals surface area contributed by atoms with Gasteiger partial charge in [-0.05, 0) is 18.2 Å². The summed E-state index contributed by atoms with van der Waals surface area (Å²) in [5, 5.41) is 0. The Hall–Kier alpha value is -2.35. The maximum absolute atomic E-state index is 4.41. The molecule has 0 saturated heterocycles. The number of benzene rings is 2. The zero-order valence-corrected chi connectivity index (χ0v) is 9.25. The van der Waals surface area contributed by atoms with Crippen LogP contribution in [0.15, 0.2) is 67.0 Å². The van der Waals surface area contributed by atoms with Crippen molar-refractivity contribution < 1.29 is 0 Å². The lowest BCUT2D eigenvalue weighted by Crippen LogP contribution is -1.95. The highest BCUT2D eigenvalue weighted by Crippen LogP contribution is 2.20. The molecule has 17 heavy (non-hydrogen) atoms. The van der Waals surface area contributed by atoms with Crippen molar-refractivity contribution in [2.75, 3.05) is 0 Å². The van der Waals surface area contributed by atoms with E-state index >= 15 is 0 Å². The molecule has 1 aromatic heterocycles. The molecule has 0 aliphatic carbocycles. The first-order chi connectivity index (χ1) is 8.45. The number of aromatic nitrogens is 2. The predicted octanol–water partition coefficient (Wildman–Crippen LogP) is 3.34. The molecule has 0 aliphatic rings. The number of imidazole rings is 1. The highest BCUT2D eigenvalue weighted by atomic mass is 15.1. The van der Waals surface area contributed by atoms with E-state index in [1.54, 1.807) is 0 Å². The summed E-state index contributed by atoms with van der Waals surface area (Å²) in [7, 11) is 0. The first-order valence-corrected chi connectivity index (χ1v) is 5.50. The minimum absolute atomic E-state index is 0.949. The first-order valence-electron chi connectivity index (χ1n) is 5.50. The molecule has 0 N–H and O–H groups in total. The third-order valence-electron chi connectivity index (χ3n) is 2.65. The second-order valence-corrected chi connectivity index (χ2v) is 3.75. The zero-order valence-electron chi connectivity index (χ0n) is 9.25. The second-order valence-electron chi connectivity index (χ2n) is 3.75. The van der Waals surface area contributed by atoms with Gasteiger partial charge < -0.3 is 0 Å². The van der Waals surface area contributed by atoms with Crippen LogP contribution in [0.3, 0.4) is 0 Å². The average Bonchev–Trinajstić information content (AvgIpc) is 2.90. The van der Waals surface area contributed by atoms with Crippen LogP contribution in [0.1, 0.15) is 0 Å². The van der Waals surface area contributed by atoms with Gasteiger partial charge in [0.15, 0.2) is 0 Å². The van der Waals surface area contributed by atoms with Crippen LogP contribution in [-0.4, -0.2) is 9.55 Å². The van der Waals surface area contributed by atoms with Gasteiger partial charge in [0.2, 0.25) is 0 Å². The summed E-state index contributed by atoms with van der Waals surface area (Å²) >= 11 is 0. The number of rotatable bonds is 2. The summed E-state index contributed by atoms with van der Waals surface area (Å²) in [5.41, 5.74) is 2.21. The SMILES string of the molecule is [c]1ccc(-c2nccn2-c2ccccc2)cc1. The van der Waals surface area contributed by atoms with Crippen molar-refractivity contribution >= 4 is 0 Å². The summed E-state index contributed by atoms with van der Waals surface area (Å²) in [6.45, 7) is 0. The molecule has 1 heterocycles. The van der Waals surface area contributed by atoms with Gasteiger partial charge in [0, 0.05) is 23.6 Å². The molecule has 2 nitrogen and oxygen atoms in total. The van der Waals surface area contributed by atoms with E-state index in [1.165, 1.54) is 0 Å². The van der Waals surface area contributed by atoms with Crippen molar-refractivity contribution in [3.63, 3.8) is 0 Å². The van der Waals surface area contributed by atoms with Crippen molar-refractivity contribution in [3.05, 3.63) is 73.1 Å². The van der Waals surface area contributed by atoms with Crippen LogP contribution >= 0.6 is 0 Å². The Kier molecular flexibility index (Phi) is 2.47. The van der Waals surface area contributed by atoms with E-state index in [4.69, 9.17) is 0 Å². The van der Waals surface area contributed by atoms with Crippen molar-refractivity contribution in [1.29, 1.82) is 0 Å². The summed E-state index contributed by atoms with van der Waals surface area (Å²) in [5.74, 6) is 0.949. The monoisotopic (exact) mass is 219 g/mol. The molecular formula is C15H11N2. The molecule has 3 rings (SSSR count). The van der Waals surface area contributed by atoms with Gasteiger partial charge in [0.05, 0.1) is 0 Å². The molecule has 0 saturated carbocycles. The van der Waals surface area contributed by atoms with Crippen LogP contribution in [0.5, 0.6) is 0 Å². The van der Waals surface area contributed by atoms with E-state index < -0.39 is 0 Å². The van der Waals surface area contributed by atoms with Crippen LogP contribution in [-0.2, 0) is 0 Å². The van der Waals surface area contributed by atoms with E-state index in [0.717, 1.165) is 17.1 Å². The Labute approximate surface area is 100 Å². The molecular weight excluding hydrogens is 208 g/mol. The molecule has 81 valence electrons. The molecule has 1 radical (unpaired) electrons. The minimum atomic E-state index is 0.949. The normalized spacial score (nSPS) is 10.4. The third-order valence-corrected chi connectivity index (χ3v) is 2.65. The second kappa shape index (κ2) is 4.26. The van der Waals surface area contributed by atoms with Crippen LogP contribution in [0.2, 0.25) is 0 Å². The van der Waals surface area contributed by atoms with E-state index in [1.807, 2.05) is 54.9 Å². The molecule has 0 spiro atoms. The minimum Gasteiger partial charge on any atom is -0.300 e. The van der Waals surface area contributed by atoms with Gasteiger partial charge in [-0.25, -0.2) is 4.98 Å². The Morgan fingerprint density at radius 3 is 2.47 bits per heavy atom. The summed E-state index contributed by atoms with van der Waals surface area (Å²) in [4.78, 5) is 4.41. The van der Waals surface area contributed by atoms with Crippen LogP contribution in [0.25, 0.3) is 17.1 Å². The molecule has 3 aromatic rings. The maximum atomic E-state index is 4.41.